The molecule has 2 rings (SSSR count). The van der Waals surface area contributed by atoms with E-state index >= 15 is 0 Å². The van der Waals surface area contributed by atoms with Crippen LogP contribution in [-0.4, -0.2) is 35.2 Å². The predicted molar refractivity (Wildman–Crippen MR) is 80.9 cm³/mol. The van der Waals surface area contributed by atoms with Crippen LogP contribution in [0.2, 0.25) is 0 Å². The van der Waals surface area contributed by atoms with Gasteiger partial charge in [0.2, 0.25) is 5.91 Å². The minimum absolute atomic E-state index is 0.0317. The number of carboxylic acid groups (broad SMARTS) is 1. The van der Waals surface area contributed by atoms with Gasteiger partial charge in [-0.1, -0.05) is 11.3 Å². The quantitative estimate of drug-likeness (QED) is 0.856. The standard InChI is InChI=1S/C14H16N2O4S/c1-8(20-2)3-6-12(17)16-14-15-10-5-4-9(13(18)19)7-11(10)21-14/h4-5,7-8H,3,6H2,1-2H3,(H,18,19)(H,15,16,17). The third-order valence-electron chi connectivity index (χ3n) is 3.06. The van der Waals surface area contributed by atoms with E-state index in [1.165, 1.54) is 17.4 Å². The number of nitrogens with one attached hydrogen (secondary N) is 1. The topological polar surface area (TPSA) is 88.5 Å². The molecule has 0 aliphatic heterocycles. The first-order valence-corrected chi connectivity index (χ1v) is 7.27. The van der Waals surface area contributed by atoms with Gasteiger partial charge in [-0.3, -0.25) is 4.79 Å². The summed E-state index contributed by atoms with van der Waals surface area (Å²) in [6.07, 6.45) is 1.02. The van der Waals surface area contributed by atoms with E-state index in [0.717, 1.165) is 4.70 Å². The number of ether oxygens (including phenoxy) is 1. The Morgan fingerprint density at radius 1 is 1.48 bits per heavy atom. The van der Waals surface area contributed by atoms with Crippen LogP contribution >= 0.6 is 11.3 Å². The number of anilines is 1. The van der Waals surface area contributed by atoms with Crippen LogP contribution in [0.15, 0.2) is 18.2 Å². The molecule has 2 N–H and O–H groups in total. The summed E-state index contributed by atoms with van der Waals surface area (Å²) in [7, 11) is 1.61. The first-order chi connectivity index (χ1) is 9.99. The van der Waals surface area contributed by atoms with Crippen molar-refractivity contribution in [3.63, 3.8) is 0 Å². The van der Waals surface area contributed by atoms with Crippen LogP contribution in [0.3, 0.4) is 0 Å². The van der Waals surface area contributed by atoms with Crippen LogP contribution in [0.5, 0.6) is 0 Å². The number of carbonyl (C=O) groups is 2. The van der Waals surface area contributed by atoms with E-state index in [4.69, 9.17) is 9.84 Å². The average Bonchev–Trinajstić information content (AvgIpc) is 2.85. The van der Waals surface area contributed by atoms with Gasteiger partial charge in [0.1, 0.15) is 0 Å². The average molecular weight is 308 g/mol. The van der Waals surface area contributed by atoms with Gasteiger partial charge in [-0.25, -0.2) is 9.78 Å². The molecule has 112 valence electrons. The summed E-state index contributed by atoms with van der Waals surface area (Å²) in [5.74, 6) is -1.11. The highest BCUT2D eigenvalue weighted by Crippen LogP contribution is 2.27. The number of amides is 1. The number of thiazole rings is 1. The molecule has 1 heterocycles. The number of rotatable bonds is 6. The second-order valence-corrected chi connectivity index (χ2v) is 5.67. The SMILES string of the molecule is COC(C)CCC(=O)Nc1nc2ccc(C(=O)O)cc2s1. The number of hydrogen-bond donors (Lipinski definition) is 2. The fourth-order valence-corrected chi connectivity index (χ4v) is 2.67. The highest BCUT2D eigenvalue weighted by atomic mass is 32.1. The van der Waals surface area contributed by atoms with E-state index in [2.05, 4.69) is 10.3 Å². The highest BCUT2D eigenvalue weighted by Gasteiger charge is 2.11. The first-order valence-electron chi connectivity index (χ1n) is 6.46. The zero-order valence-corrected chi connectivity index (χ0v) is 12.6. The maximum absolute atomic E-state index is 11.8. The molecule has 1 aromatic carbocycles. The van der Waals surface area contributed by atoms with E-state index in [-0.39, 0.29) is 17.6 Å². The van der Waals surface area contributed by atoms with E-state index in [0.29, 0.717) is 23.5 Å². The van der Waals surface area contributed by atoms with Crippen LogP contribution in [0.4, 0.5) is 5.13 Å². The summed E-state index contributed by atoms with van der Waals surface area (Å²) in [6, 6.07) is 4.69. The predicted octanol–water partition coefficient (Wildman–Crippen LogP) is 2.75. The van der Waals surface area contributed by atoms with Crippen molar-refractivity contribution < 1.29 is 19.4 Å². The summed E-state index contributed by atoms with van der Waals surface area (Å²) in [4.78, 5) is 27.0. The Bertz CT molecular complexity index is 668. The molecule has 0 bridgehead atoms. The van der Waals surface area contributed by atoms with Gasteiger partial charge in [0, 0.05) is 13.5 Å². The van der Waals surface area contributed by atoms with Gasteiger partial charge in [-0.2, -0.15) is 0 Å². The number of carbonyl (C=O) groups excluding carboxylic acids is 1. The Morgan fingerprint density at radius 2 is 2.24 bits per heavy atom. The Kier molecular flexibility index (Phi) is 4.87. The molecule has 0 aliphatic rings. The van der Waals surface area contributed by atoms with Crippen LogP contribution in [0.25, 0.3) is 10.2 Å². The van der Waals surface area contributed by atoms with Gasteiger partial charge in [-0.05, 0) is 31.5 Å². The molecular formula is C14H16N2O4S. The van der Waals surface area contributed by atoms with Gasteiger partial charge in [-0.15, -0.1) is 0 Å². The van der Waals surface area contributed by atoms with Crippen molar-refractivity contribution in [1.82, 2.24) is 4.98 Å². The molecule has 1 atom stereocenters. The molecule has 1 unspecified atom stereocenters. The molecule has 1 aromatic heterocycles. The Balaban J connectivity index is 2.05. The van der Waals surface area contributed by atoms with E-state index in [1.807, 2.05) is 6.92 Å². The summed E-state index contributed by atoms with van der Waals surface area (Å²) in [5.41, 5.74) is 0.878. The Hall–Kier alpha value is -1.99. The number of fused-ring (bicyclic) bond motifs is 1. The smallest absolute Gasteiger partial charge is 0.335 e. The molecule has 7 heteroatoms. The number of nitrogens with zero attached hydrogens (tertiary/aromatic N) is 1. The van der Waals surface area contributed by atoms with Crippen molar-refractivity contribution in [2.75, 3.05) is 12.4 Å². The summed E-state index contributed by atoms with van der Waals surface area (Å²) < 4.78 is 5.82. The molecule has 21 heavy (non-hydrogen) atoms. The number of aromatic carboxylic acids is 1. The second kappa shape index (κ2) is 6.64. The van der Waals surface area contributed by atoms with Crippen LogP contribution < -0.4 is 5.32 Å². The van der Waals surface area contributed by atoms with Crippen LogP contribution in [0.1, 0.15) is 30.1 Å². The normalized spacial score (nSPS) is 12.3. The zero-order valence-electron chi connectivity index (χ0n) is 11.8. The number of hydrogen-bond acceptors (Lipinski definition) is 5. The fourth-order valence-electron chi connectivity index (χ4n) is 1.75. The third kappa shape index (κ3) is 3.99. The molecule has 0 saturated heterocycles. The lowest BCUT2D eigenvalue weighted by atomic mass is 10.2. The summed E-state index contributed by atoms with van der Waals surface area (Å²) >= 11 is 1.26. The maximum atomic E-state index is 11.8. The molecule has 0 fully saturated rings. The number of carboxylic acids is 1. The number of benzene rings is 1. The lowest BCUT2D eigenvalue weighted by Crippen LogP contribution is -2.14. The van der Waals surface area contributed by atoms with Gasteiger partial charge in [0.25, 0.3) is 0 Å². The monoisotopic (exact) mass is 308 g/mol. The first kappa shape index (κ1) is 15.4. The van der Waals surface area contributed by atoms with Crippen molar-refractivity contribution in [1.29, 1.82) is 0 Å². The Morgan fingerprint density at radius 3 is 2.90 bits per heavy atom. The number of aromatic nitrogens is 1. The second-order valence-electron chi connectivity index (χ2n) is 4.64. The molecule has 2 aromatic rings. The Labute approximate surface area is 125 Å². The largest absolute Gasteiger partial charge is 0.478 e. The maximum Gasteiger partial charge on any atom is 0.335 e. The van der Waals surface area contributed by atoms with Crippen molar-refractivity contribution in [3.8, 4) is 0 Å². The molecule has 0 radical (unpaired) electrons. The summed E-state index contributed by atoms with van der Waals surface area (Å²) in [5, 5.41) is 12.1. The van der Waals surface area contributed by atoms with Crippen LogP contribution in [0, 0.1) is 0 Å². The van der Waals surface area contributed by atoms with Crippen molar-refractivity contribution in [2.45, 2.75) is 25.9 Å². The van der Waals surface area contributed by atoms with Gasteiger partial charge in [0.05, 0.1) is 21.9 Å². The minimum Gasteiger partial charge on any atom is -0.478 e. The molecule has 0 saturated carbocycles. The van der Waals surface area contributed by atoms with E-state index in [9.17, 15) is 9.59 Å². The fraction of sp³-hybridized carbons (Fsp3) is 0.357. The van der Waals surface area contributed by atoms with Crippen molar-refractivity contribution >= 4 is 38.6 Å². The van der Waals surface area contributed by atoms with Gasteiger partial charge < -0.3 is 15.2 Å². The summed E-state index contributed by atoms with van der Waals surface area (Å²) in [6.45, 7) is 1.90. The highest BCUT2D eigenvalue weighted by molar-refractivity contribution is 7.22. The third-order valence-corrected chi connectivity index (χ3v) is 4.00. The van der Waals surface area contributed by atoms with Crippen molar-refractivity contribution in [2.24, 2.45) is 0 Å². The van der Waals surface area contributed by atoms with E-state index in [1.54, 1.807) is 19.2 Å². The lowest BCUT2D eigenvalue weighted by molar-refractivity contribution is -0.116. The number of methoxy groups -OCH3 is 1. The molecule has 6 nitrogen and oxygen atoms in total. The lowest BCUT2D eigenvalue weighted by Gasteiger charge is -2.07. The van der Waals surface area contributed by atoms with E-state index < -0.39 is 5.97 Å². The van der Waals surface area contributed by atoms with Crippen molar-refractivity contribution in [3.05, 3.63) is 23.8 Å². The molecule has 0 aliphatic carbocycles. The van der Waals surface area contributed by atoms with Gasteiger partial charge in [0.15, 0.2) is 5.13 Å². The minimum atomic E-state index is -0.982. The van der Waals surface area contributed by atoms with Gasteiger partial charge >= 0.3 is 5.97 Å². The molecule has 0 spiro atoms. The molecule has 1 amide bonds. The van der Waals surface area contributed by atoms with Crippen LogP contribution in [-0.2, 0) is 9.53 Å². The zero-order chi connectivity index (χ0) is 15.4. The molecular weight excluding hydrogens is 292 g/mol.